The summed E-state index contributed by atoms with van der Waals surface area (Å²) in [6.07, 6.45) is 0. The van der Waals surface area contributed by atoms with Crippen molar-refractivity contribution in [1.82, 2.24) is 21.3 Å². The van der Waals surface area contributed by atoms with Crippen LogP contribution in [0.1, 0.15) is 27.7 Å². The molecule has 0 radical (unpaired) electrons. The van der Waals surface area contributed by atoms with E-state index in [1.807, 2.05) is 27.7 Å². The van der Waals surface area contributed by atoms with Crippen molar-refractivity contribution < 1.29 is 19.2 Å². The van der Waals surface area contributed by atoms with Crippen molar-refractivity contribution >= 4 is 45.5 Å². The molecule has 0 spiro atoms. The molecule has 10 heteroatoms. The first kappa shape index (κ1) is 16.9. The van der Waals surface area contributed by atoms with E-state index in [2.05, 4.69) is 21.3 Å². The second-order valence-corrected chi connectivity index (χ2v) is 9.60. The van der Waals surface area contributed by atoms with E-state index < -0.39 is 33.6 Å². The number of amides is 6. The second kappa shape index (κ2) is 5.65. The van der Waals surface area contributed by atoms with Crippen molar-refractivity contribution in [3.05, 3.63) is 0 Å². The number of imide groups is 2. The molecule has 6 amide bonds. The summed E-state index contributed by atoms with van der Waals surface area (Å²) in [5, 5.41) is 9.58. The molecule has 2 aliphatic rings. The fraction of sp³-hybridized carbons (Fsp3) is 0.667. The van der Waals surface area contributed by atoms with E-state index in [1.165, 1.54) is 21.6 Å². The van der Waals surface area contributed by atoms with E-state index in [0.29, 0.717) is 0 Å². The Labute approximate surface area is 135 Å². The zero-order chi connectivity index (χ0) is 16.7. The highest BCUT2D eigenvalue weighted by molar-refractivity contribution is 8.77. The Hall–Kier alpha value is -1.42. The predicted molar refractivity (Wildman–Crippen MR) is 84.3 cm³/mol. The summed E-state index contributed by atoms with van der Waals surface area (Å²) in [4.78, 5) is 46.0. The summed E-state index contributed by atoms with van der Waals surface area (Å²) in [5.74, 6) is -0.736. The molecule has 0 aromatic rings. The molecule has 2 atom stereocenters. The van der Waals surface area contributed by atoms with Crippen molar-refractivity contribution in [2.75, 3.05) is 0 Å². The maximum atomic E-state index is 11.8. The summed E-state index contributed by atoms with van der Waals surface area (Å²) in [6.45, 7) is 7.35. The summed E-state index contributed by atoms with van der Waals surface area (Å²) in [5.41, 5.74) is 0. The number of urea groups is 2. The zero-order valence-corrected chi connectivity index (χ0v) is 14.2. The van der Waals surface area contributed by atoms with Gasteiger partial charge in [0.25, 0.3) is 11.8 Å². The number of hydrogen-bond acceptors (Lipinski definition) is 6. The smallest absolute Gasteiger partial charge is 0.322 e. The molecule has 2 rings (SSSR count). The maximum Gasteiger partial charge on any atom is 0.322 e. The van der Waals surface area contributed by atoms with Crippen LogP contribution in [0.5, 0.6) is 0 Å². The van der Waals surface area contributed by atoms with E-state index >= 15 is 0 Å². The van der Waals surface area contributed by atoms with Crippen LogP contribution in [0.15, 0.2) is 0 Å². The van der Waals surface area contributed by atoms with Gasteiger partial charge in [-0.15, -0.1) is 0 Å². The lowest BCUT2D eigenvalue weighted by Gasteiger charge is -2.34. The maximum absolute atomic E-state index is 11.8. The lowest BCUT2D eigenvalue weighted by atomic mass is 10.0. The van der Waals surface area contributed by atoms with Crippen LogP contribution in [-0.4, -0.2) is 45.5 Å². The minimum absolute atomic E-state index is 0.368. The third kappa shape index (κ3) is 3.32. The quantitative estimate of drug-likeness (QED) is 0.421. The van der Waals surface area contributed by atoms with Crippen molar-refractivity contribution in [2.24, 2.45) is 0 Å². The summed E-state index contributed by atoms with van der Waals surface area (Å²) >= 11 is 0. The average molecular weight is 346 g/mol. The first-order valence-electron chi connectivity index (χ1n) is 6.62. The van der Waals surface area contributed by atoms with Crippen LogP contribution < -0.4 is 21.3 Å². The fourth-order valence-electron chi connectivity index (χ4n) is 2.12. The average Bonchev–Trinajstić information content (AvgIpc) is 2.90. The Morgan fingerprint density at radius 1 is 0.727 bits per heavy atom. The first-order chi connectivity index (χ1) is 10.0. The summed E-state index contributed by atoms with van der Waals surface area (Å²) < 4.78 is -1.17. The molecule has 2 heterocycles. The van der Waals surface area contributed by atoms with Gasteiger partial charge in [-0.25, -0.2) is 9.59 Å². The molecular weight excluding hydrogens is 328 g/mol. The van der Waals surface area contributed by atoms with Gasteiger partial charge in [-0.1, -0.05) is 21.6 Å². The van der Waals surface area contributed by atoms with Crippen LogP contribution in [-0.2, 0) is 9.59 Å². The van der Waals surface area contributed by atoms with E-state index in [-0.39, 0.29) is 11.8 Å². The molecule has 4 N–H and O–H groups in total. The molecule has 8 nitrogen and oxygen atoms in total. The minimum atomic E-state index is -0.653. The highest BCUT2D eigenvalue weighted by atomic mass is 33.1. The molecular formula is C12H18N4O4S2. The summed E-state index contributed by atoms with van der Waals surface area (Å²) in [6, 6.07) is -2.31. The van der Waals surface area contributed by atoms with Crippen LogP contribution in [0, 0.1) is 0 Å². The van der Waals surface area contributed by atoms with E-state index in [9.17, 15) is 19.2 Å². The van der Waals surface area contributed by atoms with Gasteiger partial charge in [-0.3, -0.25) is 20.2 Å². The van der Waals surface area contributed by atoms with Gasteiger partial charge in [-0.2, -0.15) is 0 Å². The fourth-order valence-corrected chi connectivity index (χ4v) is 4.94. The predicted octanol–water partition coefficient (Wildman–Crippen LogP) is 0.341. The molecule has 0 bridgehead atoms. The van der Waals surface area contributed by atoms with Crippen LogP contribution in [0.4, 0.5) is 9.59 Å². The van der Waals surface area contributed by atoms with Crippen LogP contribution in [0.3, 0.4) is 0 Å². The third-order valence-electron chi connectivity index (χ3n) is 3.41. The van der Waals surface area contributed by atoms with Crippen LogP contribution >= 0.6 is 21.6 Å². The topological polar surface area (TPSA) is 116 Å². The highest BCUT2D eigenvalue weighted by Crippen LogP contribution is 2.47. The lowest BCUT2D eigenvalue weighted by Crippen LogP contribution is -2.48. The normalized spacial score (nSPS) is 25.6. The third-order valence-corrected chi connectivity index (χ3v) is 7.65. The number of rotatable bonds is 5. The van der Waals surface area contributed by atoms with Gasteiger partial charge >= 0.3 is 12.1 Å². The minimum Gasteiger partial charge on any atom is -0.325 e. The number of hydrogen-bond donors (Lipinski definition) is 4. The van der Waals surface area contributed by atoms with Gasteiger partial charge in [0.05, 0.1) is 9.49 Å². The zero-order valence-electron chi connectivity index (χ0n) is 12.6. The lowest BCUT2D eigenvalue weighted by molar-refractivity contribution is -0.121. The Balaban J connectivity index is 2.01. The summed E-state index contributed by atoms with van der Waals surface area (Å²) in [7, 11) is 2.78. The molecule has 0 aromatic carbocycles. The SMILES string of the molecule is CC(C)(SSC(C)(C)[C@H]1NC(=O)NC1=O)[C@@H]1NC(=O)NC1=O. The second-order valence-electron chi connectivity index (χ2n) is 6.17. The van der Waals surface area contributed by atoms with Gasteiger partial charge in [0.15, 0.2) is 0 Å². The van der Waals surface area contributed by atoms with Crippen molar-refractivity contribution in [3.8, 4) is 0 Å². The highest BCUT2D eigenvalue weighted by Gasteiger charge is 2.46. The molecule has 0 aliphatic carbocycles. The van der Waals surface area contributed by atoms with Crippen molar-refractivity contribution in [3.63, 3.8) is 0 Å². The molecule has 2 saturated heterocycles. The van der Waals surface area contributed by atoms with E-state index in [1.54, 1.807) is 0 Å². The number of nitrogens with one attached hydrogen (secondary N) is 4. The van der Waals surface area contributed by atoms with Gasteiger partial charge in [-0.05, 0) is 27.7 Å². The standard InChI is InChI=1S/C12H18N4O4S2/c1-11(2,5-7(17)15-9(19)13-5)21-22-12(3,4)6-8(18)16-10(20)14-6/h5-6H,1-4H3,(H2,13,15,17,19)(H2,14,16,18,20)/t5-,6+. The Bertz CT molecular complexity index is 501. The van der Waals surface area contributed by atoms with Crippen molar-refractivity contribution in [1.29, 1.82) is 0 Å². The largest absolute Gasteiger partial charge is 0.325 e. The number of carbonyl (C=O) groups is 4. The number of carbonyl (C=O) groups excluding carboxylic acids is 4. The Morgan fingerprint density at radius 3 is 1.27 bits per heavy atom. The molecule has 22 heavy (non-hydrogen) atoms. The Kier molecular flexibility index (Phi) is 4.35. The van der Waals surface area contributed by atoms with Gasteiger partial charge < -0.3 is 10.6 Å². The van der Waals surface area contributed by atoms with Crippen LogP contribution in [0.25, 0.3) is 0 Å². The van der Waals surface area contributed by atoms with E-state index in [4.69, 9.17) is 0 Å². The van der Waals surface area contributed by atoms with Crippen molar-refractivity contribution in [2.45, 2.75) is 49.3 Å². The Morgan fingerprint density at radius 2 is 1.05 bits per heavy atom. The molecule has 0 saturated carbocycles. The van der Waals surface area contributed by atoms with Gasteiger partial charge in [0.1, 0.15) is 12.1 Å². The van der Waals surface area contributed by atoms with Gasteiger partial charge in [0, 0.05) is 0 Å². The molecule has 2 aliphatic heterocycles. The van der Waals surface area contributed by atoms with E-state index in [0.717, 1.165) is 0 Å². The van der Waals surface area contributed by atoms with Gasteiger partial charge in [0.2, 0.25) is 0 Å². The monoisotopic (exact) mass is 346 g/mol. The molecule has 122 valence electrons. The molecule has 0 aromatic heterocycles. The van der Waals surface area contributed by atoms with Crippen LogP contribution in [0.2, 0.25) is 0 Å². The molecule has 0 unspecified atom stereocenters. The first-order valence-corrected chi connectivity index (χ1v) is 8.77. The molecule has 2 fully saturated rings.